The highest BCUT2D eigenvalue weighted by Gasteiger charge is 2.47. The summed E-state index contributed by atoms with van der Waals surface area (Å²) in [6.07, 6.45) is -54.8. The second-order valence-electron chi connectivity index (χ2n) is 18.9. The predicted octanol–water partition coefficient (Wildman–Crippen LogP) is 13.5. The Kier molecular flexibility index (Phi) is 17.6. The first-order valence-corrected chi connectivity index (χ1v) is 25.2. The molecular weight excluding hydrogens is 1270 g/mol. The van der Waals surface area contributed by atoms with Crippen LogP contribution in [0.25, 0.3) is 0 Å². The van der Waals surface area contributed by atoms with Crippen LogP contribution in [0.15, 0.2) is 97.1 Å². The van der Waals surface area contributed by atoms with Gasteiger partial charge in [-0.05, 0) is 77.9 Å². The molecule has 2 heterocycles. The van der Waals surface area contributed by atoms with Crippen molar-refractivity contribution in [1.29, 1.82) is 0 Å². The van der Waals surface area contributed by atoms with Crippen LogP contribution in [-0.2, 0) is 49.4 Å². The zero-order valence-electron chi connectivity index (χ0n) is 39.9. The van der Waals surface area contributed by atoms with Crippen molar-refractivity contribution in [3.8, 4) is 10.1 Å². The van der Waals surface area contributed by atoms with E-state index in [9.17, 15) is 105 Å². The zero-order valence-corrected chi connectivity index (χ0v) is 43.7. The summed E-state index contributed by atoms with van der Waals surface area (Å²) in [5.41, 5.74) is -30.5. The number of ether oxygens (including phenoxy) is 2. The fraction of sp³-hybridized carbons (Fsp3) is 0.333. The predicted molar refractivity (Wildman–Crippen MR) is 237 cm³/mol. The summed E-state index contributed by atoms with van der Waals surface area (Å²) in [5, 5.41) is 2.03. The summed E-state index contributed by atoms with van der Waals surface area (Å²) in [6.45, 7) is 12.5. The second kappa shape index (κ2) is 21.5. The molecule has 4 aromatic carbocycles. The Bertz CT molecular complexity index is 2590. The Morgan fingerprint density at radius 1 is 0.295 bits per heavy atom. The third-order valence-electron chi connectivity index (χ3n) is 10.5. The number of hydrogen-bond acceptors (Lipinski definition) is 4. The molecule has 6 rings (SSSR count). The lowest BCUT2D eigenvalue weighted by Gasteiger charge is -2.46. The summed E-state index contributed by atoms with van der Waals surface area (Å²) >= 11 is 3.40. The van der Waals surface area contributed by atoms with E-state index in [0.29, 0.717) is 0 Å². The van der Waals surface area contributed by atoms with Crippen LogP contribution in [0.1, 0.15) is 86.1 Å². The number of hydrogen-bond donors (Lipinski definition) is 0. The molecule has 0 radical (unpaired) electrons. The normalized spacial score (nSPS) is 13.8. The maximum atomic E-state index is 14.2. The lowest BCUT2D eigenvalue weighted by Crippen LogP contribution is -3.61. The van der Waals surface area contributed by atoms with E-state index >= 15 is 0 Å². The molecule has 0 aliphatic heterocycles. The van der Waals surface area contributed by atoms with Gasteiger partial charge >= 0.3 is 70.6 Å². The monoisotopic (exact) mass is 1300 g/mol. The summed E-state index contributed by atoms with van der Waals surface area (Å²) in [7, 11) is 0. The van der Waals surface area contributed by atoms with Crippen LogP contribution in [-0.4, -0.2) is 17.3 Å². The second-order valence-corrected chi connectivity index (χ2v) is 25.3. The molecule has 0 saturated carbocycles. The third kappa shape index (κ3) is 16.1. The van der Waals surface area contributed by atoms with Gasteiger partial charge in [0.05, 0.1) is 44.5 Å². The molecule has 78 heavy (non-hydrogen) atoms. The molecule has 2 aromatic heterocycles. The molecule has 0 spiro atoms. The summed E-state index contributed by atoms with van der Waals surface area (Å²) in [6, 6.07) is -0.239. The van der Waals surface area contributed by atoms with E-state index in [0.717, 1.165) is 10.1 Å². The Labute approximate surface area is 444 Å². The van der Waals surface area contributed by atoms with Gasteiger partial charge in [-0.15, -0.1) is 0 Å². The van der Waals surface area contributed by atoms with Crippen molar-refractivity contribution in [2.45, 2.75) is 102 Å². The average molecular weight is 1300 g/mol. The van der Waals surface area contributed by atoms with Gasteiger partial charge < -0.3 is 9.47 Å². The Balaban J connectivity index is 0.000000443. The van der Waals surface area contributed by atoms with Gasteiger partial charge in [0, 0.05) is 12.1 Å². The molecule has 0 aliphatic rings. The van der Waals surface area contributed by atoms with Gasteiger partial charge in [0.25, 0.3) is 5.77 Å². The minimum Gasteiger partial charge on any atom is -0.478 e. The minimum atomic E-state index is -6.13. The molecular formula is C48H34BF24IO2S2. The topological polar surface area (TPSA) is 18.5 Å². The quantitative estimate of drug-likeness (QED) is 0.0859. The zero-order chi connectivity index (χ0) is 59.6. The minimum absolute atomic E-state index is 0.128. The molecule has 0 bridgehead atoms. The molecule has 428 valence electrons. The van der Waals surface area contributed by atoms with Gasteiger partial charge in [-0.2, -0.15) is 127 Å². The molecule has 2 nitrogen and oxygen atoms in total. The maximum Gasteiger partial charge on any atom is 0.416 e. The SMILES string of the molecule is CC(C)(C)Oc1ccc([I+]c2ccc(OC(C)(C)C)s2)s1.FC(F)(F)c1cc([B-](c2cc(C(F)(F)F)cc(C(F)(F)F)c2)(c2cc(C(F)(F)F)cc(C(F)(F)F)c2)c2cc(C(F)(F)F)cc(C(F)(F)F)c2)cc(C(F)(F)F)c1. The Hall–Kier alpha value is -5.01. The van der Waals surface area contributed by atoms with Crippen molar-refractivity contribution >= 4 is 50.7 Å². The first-order chi connectivity index (χ1) is 34.9. The third-order valence-corrected chi connectivity index (χ3v) is 16.2. The number of thiophene rings is 2. The Morgan fingerprint density at radius 2 is 0.474 bits per heavy atom. The van der Waals surface area contributed by atoms with Crippen molar-refractivity contribution in [3.63, 3.8) is 0 Å². The number of alkyl halides is 24. The van der Waals surface area contributed by atoms with Crippen LogP contribution in [0, 0.1) is 5.77 Å². The van der Waals surface area contributed by atoms with Crippen molar-refractivity contribution in [1.82, 2.24) is 0 Å². The van der Waals surface area contributed by atoms with Crippen LogP contribution < -0.4 is 52.5 Å². The highest BCUT2D eigenvalue weighted by molar-refractivity contribution is 7.20. The lowest BCUT2D eigenvalue weighted by molar-refractivity contribution is -0.585. The molecule has 0 unspecified atom stereocenters. The van der Waals surface area contributed by atoms with E-state index in [1.807, 2.05) is 0 Å². The van der Waals surface area contributed by atoms with Gasteiger partial charge in [-0.25, -0.2) is 0 Å². The molecule has 0 N–H and O–H groups in total. The van der Waals surface area contributed by atoms with E-state index in [1.54, 1.807) is 22.7 Å². The number of benzene rings is 4. The number of rotatable bonds is 8. The molecule has 0 atom stereocenters. The number of halogens is 25. The van der Waals surface area contributed by atoms with Crippen LogP contribution in [0.5, 0.6) is 10.1 Å². The molecule has 0 aliphatic carbocycles. The van der Waals surface area contributed by atoms with Gasteiger partial charge in [-0.1, -0.05) is 71.2 Å². The van der Waals surface area contributed by atoms with Crippen LogP contribution >= 0.6 is 22.7 Å². The van der Waals surface area contributed by atoms with Crippen LogP contribution in [0.3, 0.4) is 0 Å². The molecule has 0 fully saturated rings. The maximum absolute atomic E-state index is 14.2. The van der Waals surface area contributed by atoms with E-state index in [-0.39, 0.29) is 32.4 Å². The summed E-state index contributed by atoms with van der Waals surface area (Å²) in [4.78, 5) is 0. The highest BCUT2D eigenvalue weighted by atomic mass is 127. The van der Waals surface area contributed by atoms with Crippen LogP contribution in [0.4, 0.5) is 105 Å². The van der Waals surface area contributed by atoms with Crippen molar-refractivity contribution in [2.24, 2.45) is 0 Å². The fourth-order valence-corrected chi connectivity index (χ4v) is 13.8. The van der Waals surface area contributed by atoms with Gasteiger partial charge in [0.1, 0.15) is 17.3 Å². The van der Waals surface area contributed by atoms with Crippen molar-refractivity contribution in [3.05, 3.63) is 147 Å². The first-order valence-electron chi connectivity index (χ1n) is 21.5. The standard InChI is InChI=1S/C32H12BF24.C16H22IO2S2/c34-25(35,36)13-1-14(26(37,38)39)6-21(5-13)33(22-7-15(27(40,41)42)2-16(8-22)28(43,44)45,23-9-17(29(46,47)48)3-18(10-23)30(49,50)51)24-11-19(31(52,53)54)4-20(12-24)32(55,56)57;1-15(2,3)18-13-9-7-11(20-13)17-12-8-10-14(21-12)19-16(4,5)6/h1-12H;7-10H,1-6H3/q-1;+1. The van der Waals surface area contributed by atoms with Gasteiger partial charge in [0.2, 0.25) is 0 Å². The average Bonchev–Trinajstić information content (AvgIpc) is 3.87. The van der Waals surface area contributed by atoms with E-state index in [4.69, 9.17) is 9.47 Å². The molecule has 0 saturated heterocycles. The van der Waals surface area contributed by atoms with E-state index < -0.39 is 195 Å². The largest absolute Gasteiger partial charge is 0.478 e. The molecule has 6 aromatic rings. The Morgan fingerprint density at radius 3 is 0.628 bits per heavy atom. The van der Waals surface area contributed by atoms with E-state index in [1.165, 1.54) is 5.77 Å². The smallest absolute Gasteiger partial charge is 0.416 e. The van der Waals surface area contributed by atoms with Crippen molar-refractivity contribution < 1.29 is 136 Å². The van der Waals surface area contributed by atoms with E-state index in [2.05, 4.69) is 65.8 Å². The summed E-state index contributed by atoms with van der Waals surface area (Å²) < 4.78 is 355. The van der Waals surface area contributed by atoms with Crippen molar-refractivity contribution in [2.75, 3.05) is 0 Å². The first kappa shape index (κ1) is 63.8. The molecule has 30 heteroatoms. The van der Waals surface area contributed by atoms with Crippen LogP contribution in [0.2, 0.25) is 0 Å². The molecule has 0 amide bonds. The summed E-state index contributed by atoms with van der Waals surface area (Å²) in [5.74, 6) is 0. The van der Waals surface area contributed by atoms with Gasteiger partial charge in [-0.3, -0.25) is 0 Å². The highest BCUT2D eigenvalue weighted by Crippen LogP contribution is 2.42. The fourth-order valence-electron chi connectivity index (χ4n) is 7.57. The van der Waals surface area contributed by atoms with Gasteiger partial charge in [0.15, 0.2) is 10.1 Å². The lowest BCUT2D eigenvalue weighted by atomic mass is 9.12.